The summed E-state index contributed by atoms with van der Waals surface area (Å²) in [5.74, 6) is 0.252. The molecule has 2 rings (SSSR count). The van der Waals surface area contributed by atoms with Crippen molar-refractivity contribution >= 4 is 5.84 Å². The number of hydrogen-bond acceptors (Lipinski definition) is 5. The van der Waals surface area contributed by atoms with E-state index in [-0.39, 0.29) is 17.6 Å². The molecule has 0 radical (unpaired) electrons. The van der Waals surface area contributed by atoms with Crippen molar-refractivity contribution < 1.29 is 9.94 Å². The molecule has 1 aromatic rings. The maximum Gasteiger partial charge on any atom is 0.244 e. The first-order valence-corrected chi connectivity index (χ1v) is 6.47. The van der Waals surface area contributed by atoms with E-state index in [9.17, 15) is 0 Å². The maximum absolute atomic E-state index is 8.73. The number of aromatic nitrogens is 2. The van der Waals surface area contributed by atoms with Gasteiger partial charge in [-0.15, -0.1) is 0 Å². The largest absolute Gasteiger partial charge is 0.473 e. The molecule has 6 heteroatoms. The second-order valence-corrected chi connectivity index (χ2v) is 5.68. The summed E-state index contributed by atoms with van der Waals surface area (Å²) in [6.45, 7) is 4.54. The summed E-state index contributed by atoms with van der Waals surface area (Å²) in [6, 6.07) is 0. The van der Waals surface area contributed by atoms with Gasteiger partial charge in [0.15, 0.2) is 11.5 Å². The van der Waals surface area contributed by atoms with Gasteiger partial charge in [0.2, 0.25) is 5.88 Å². The van der Waals surface area contributed by atoms with Gasteiger partial charge < -0.3 is 15.7 Å². The van der Waals surface area contributed by atoms with Crippen molar-refractivity contribution in [2.75, 3.05) is 0 Å². The van der Waals surface area contributed by atoms with Crippen molar-refractivity contribution in [2.45, 2.75) is 45.6 Å². The SMILES string of the molecule is CC1(C)CCC(Oc2nccnc2C(N)=NO)CC1. The first kappa shape index (κ1) is 13.6. The van der Waals surface area contributed by atoms with E-state index in [1.807, 2.05) is 0 Å². The molecule has 3 N–H and O–H groups in total. The molecule has 0 aromatic carbocycles. The number of nitrogens with zero attached hydrogens (tertiary/aromatic N) is 3. The van der Waals surface area contributed by atoms with E-state index < -0.39 is 0 Å². The zero-order chi connectivity index (χ0) is 13.9. The quantitative estimate of drug-likeness (QED) is 0.376. The summed E-state index contributed by atoms with van der Waals surface area (Å²) < 4.78 is 5.86. The van der Waals surface area contributed by atoms with E-state index in [4.69, 9.17) is 15.7 Å². The summed E-state index contributed by atoms with van der Waals surface area (Å²) in [6.07, 6.45) is 7.36. The summed E-state index contributed by atoms with van der Waals surface area (Å²) in [4.78, 5) is 8.16. The van der Waals surface area contributed by atoms with Gasteiger partial charge >= 0.3 is 0 Å². The van der Waals surface area contributed by atoms with Crippen LogP contribution in [0.3, 0.4) is 0 Å². The van der Waals surface area contributed by atoms with Crippen LogP contribution in [0.15, 0.2) is 17.5 Å². The summed E-state index contributed by atoms with van der Waals surface area (Å²) in [7, 11) is 0. The van der Waals surface area contributed by atoms with Gasteiger partial charge in [0.25, 0.3) is 0 Å². The van der Waals surface area contributed by atoms with Crippen LogP contribution in [0.2, 0.25) is 0 Å². The van der Waals surface area contributed by atoms with Crippen molar-refractivity contribution in [2.24, 2.45) is 16.3 Å². The average Bonchev–Trinajstić information content (AvgIpc) is 2.41. The fourth-order valence-electron chi connectivity index (χ4n) is 2.28. The second-order valence-electron chi connectivity index (χ2n) is 5.68. The number of oxime groups is 1. The van der Waals surface area contributed by atoms with Crippen molar-refractivity contribution in [3.63, 3.8) is 0 Å². The molecule has 1 fully saturated rings. The Kier molecular flexibility index (Phi) is 3.87. The molecule has 0 saturated heterocycles. The highest BCUT2D eigenvalue weighted by Crippen LogP contribution is 2.36. The van der Waals surface area contributed by atoms with Gasteiger partial charge in [0.1, 0.15) is 6.10 Å². The molecule has 6 nitrogen and oxygen atoms in total. The monoisotopic (exact) mass is 264 g/mol. The van der Waals surface area contributed by atoms with Crippen molar-refractivity contribution in [3.8, 4) is 5.88 Å². The van der Waals surface area contributed by atoms with Crippen LogP contribution < -0.4 is 10.5 Å². The molecule has 1 heterocycles. The first-order valence-electron chi connectivity index (χ1n) is 6.47. The van der Waals surface area contributed by atoms with Gasteiger partial charge in [0.05, 0.1) is 0 Å². The number of amidine groups is 1. The normalized spacial score (nSPS) is 20.2. The lowest BCUT2D eigenvalue weighted by molar-refractivity contribution is 0.0943. The van der Waals surface area contributed by atoms with Gasteiger partial charge in [-0.05, 0) is 31.1 Å². The van der Waals surface area contributed by atoms with E-state index in [0.29, 0.717) is 11.3 Å². The Labute approximate surface area is 112 Å². The van der Waals surface area contributed by atoms with Crippen molar-refractivity contribution in [1.29, 1.82) is 0 Å². The fourth-order valence-corrected chi connectivity index (χ4v) is 2.28. The minimum Gasteiger partial charge on any atom is -0.473 e. The smallest absolute Gasteiger partial charge is 0.244 e. The van der Waals surface area contributed by atoms with Crippen molar-refractivity contribution in [1.82, 2.24) is 9.97 Å². The summed E-state index contributed by atoms with van der Waals surface area (Å²) >= 11 is 0. The molecule has 19 heavy (non-hydrogen) atoms. The molecule has 1 aliphatic carbocycles. The lowest BCUT2D eigenvalue weighted by atomic mass is 9.76. The van der Waals surface area contributed by atoms with E-state index in [0.717, 1.165) is 25.7 Å². The zero-order valence-electron chi connectivity index (χ0n) is 11.3. The van der Waals surface area contributed by atoms with Gasteiger partial charge in [-0.2, -0.15) is 0 Å². The van der Waals surface area contributed by atoms with Crippen LogP contribution in [0.1, 0.15) is 45.2 Å². The second kappa shape index (κ2) is 5.42. The zero-order valence-corrected chi connectivity index (χ0v) is 11.3. The Morgan fingerprint density at radius 3 is 2.63 bits per heavy atom. The van der Waals surface area contributed by atoms with Gasteiger partial charge in [-0.25, -0.2) is 9.97 Å². The minimum absolute atomic E-state index is 0.0840. The highest BCUT2D eigenvalue weighted by Gasteiger charge is 2.28. The molecule has 1 aromatic heterocycles. The van der Waals surface area contributed by atoms with Crippen LogP contribution >= 0.6 is 0 Å². The Morgan fingerprint density at radius 2 is 2.00 bits per heavy atom. The summed E-state index contributed by atoms with van der Waals surface area (Å²) in [5.41, 5.74) is 6.23. The van der Waals surface area contributed by atoms with Gasteiger partial charge in [-0.3, -0.25) is 0 Å². The van der Waals surface area contributed by atoms with E-state index >= 15 is 0 Å². The van der Waals surface area contributed by atoms with Crippen LogP contribution in [0.4, 0.5) is 0 Å². The standard InChI is InChI=1S/C13H20N4O2/c1-13(2)5-3-9(4-6-13)19-12-10(11(14)17-18)15-7-8-16-12/h7-9,18H,3-6H2,1-2H3,(H2,14,17). The van der Waals surface area contributed by atoms with Crippen LogP contribution in [0.5, 0.6) is 5.88 Å². The predicted molar refractivity (Wildman–Crippen MR) is 71.2 cm³/mol. The third kappa shape index (κ3) is 3.33. The molecule has 0 unspecified atom stereocenters. The molecule has 0 aliphatic heterocycles. The van der Waals surface area contributed by atoms with E-state index in [1.165, 1.54) is 12.4 Å². The third-order valence-electron chi connectivity index (χ3n) is 3.58. The topological polar surface area (TPSA) is 93.6 Å². The average molecular weight is 264 g/mol. The highest BCUT2D eigenvalue weighted by molar-refractivity contribution is 5.97. The maximum atomic E-state index is 8.73. The lowest BCUT2D eigenvalue weighted by Crippen LogP contribution is -2.29. The predicted octanol–water partition coefficient (Wildman–Crippen LogP) is 1.92. The highest BCUT2D eigenvalue weighted by atomic mass is 16.5. The number of hydrogen-bond donors (Lipinski definition) is 2. The lowest BCUT2D eigenvalue weighted by Gasteiger charge is -2.34. The molecular weight excluding hydrogens is 244 g/mol. The molecular formula is C13H20N4O2. The fraction of sp³-hybridized carbons (Fsp3) is 0.615. The molecule has 0 spiro atoms. The molecule has 104 valence electrons. The molecule has 1 saturated carbocycles. The molecule has 0 amide bonds. The number of rotatable bonds is 3. The Bertz CT molecular complexity index is 463. The Morgan fingerprint density at radius 1 is 1.37 bits per heavy atom. The van der Waals surface area contributed by atoms with Crippen molar-refractivity contribution in [3.05, 3.63) is 18.1 Å². The third-order valence-corrected chi connectivity index (χ3v) is 3.58. The van der Waals surface area contributed by atoms with E-state index in [1.54, 1.807) is 0 Å². The van der Waals surface area contributed by atoms with Gasteiger partial charge in [-0.1, -0.05) is 19.0 Å². The van der Waals surface area contributed by atoms with Gasteiger partial charge in [0, 0.05) is 12.4 Å². The Hall–Kier alpha value is -1.85. The van der Waals surface area contributed by atoms with Crippen LogP contribution in [-0.4, -0.2) is 27.1 Å². The Balaban J connectivity index is 2.08. The number of nitrogens with two attached hydrogens (primary N) is 1. The number of ether oxygens (including phenoxy) is 1. The molecule has 0 atom stereocenters. The van der Waals surface area contributed by atoms with Crippen LogP contribution in [-0.2, 0) is 0 Å². The van der Waals surface area contributed by atoms with Crippen LogP contribution in [0.25, 0.3) is 0 Å². The molecule has 1 aliphatic rings. The first-order chi connectivity index (χ1) is 9.02. The molecule has 0 bridgehead atoms. The van der Waals surface area contributed by atoms with Crippen LogP contribution in [0, 0.1) is 5.41 Å². The minimum atomic E-state index is -0.0840. The summed E-state index contributed by atoms with van der Waals surface area (Å²) in [5, 5.41) is 11.7. The van der Waals surface area contributed by atoms with E-state index in [2.05, 4.69) is 29.0 Å².